The van der Waals surface area contributed by atoms with Crippen molar-refractivity contribution in [2.45, 2.75) is 64.7 Å². The number of alkyl carbamates (subject to hydrolysis) is 1. The molecule has 0 heterocycles. The zero-order valence-corrected chi connectivity index (χ0v) is 16.1. The second kappa shape index (κ2) is 8.37. The number of amides is 1. The highest BCUT2D eigenvalue weighted by Gasteiger charge is 2.36. The van der Waals surface area contributed by atoms with Gasteiger partial charge in [-0.1, -0.05) is 6.42 Å². The lowest BCUT2D eigenvalue weighted by molar-refractivity contribution is -0.384. The maximum Gasteiger partial charge on any atom is 0.407 e. The summed E-state index contributed by atoms with van der Waals surface area (Å²) in [4.78, 5) is 34.7. The van der Waals surface area contributed by atoms with Crippen LogP contribution in [0.2, 0.25) is 0 Å². The number of hydrogen-bond donors (Lipinski definition) is 1. The zero-order valence-electron chi connectivity index (χ0n) is 16.1. The smallest absolute Gasteiger partial charge is 0.407 e. The van der Waals surface area contributed by atoms with Gasteiger partial charge in [0.05, 0.1) is 16.5 Å². The number of nitrogens with zero attached hydrogens (tertiary/aromatic N) is 1. The van der Waals surface area contributed by atoms with Crippen LogP contribution >= 0.6 is 0 Å². The van der Waals surface area contributed by atoms with Gasteiger partial charge in [-0.15, -0.1) is 0 Å². The Bertz CT molecular complexity index is 691. The van der Waals surface area contributed by atoms with Gasteiger partial charge in [-0.25, -0.2) is 9.59 Å². The van der Waals surface area contributed by atoms with Crippen molar-refractivity contribution < 1.29 is 24.0 Å². The molecule has 1 saturated carbocycles. The highest BCUT2D eigenvalue weighted by molar-refractivity contribution is 5.89. The fourth-order valence-electron chi connectivity index (χ4n) is 2.86. The van der Waals surface area contributed by atoms with Crippen LogP contribution in [-0.2, 0) is 9.47 Å². The van der Waals surface area contributed by atoms with Crippen molar-refractivity contribution in [3.05, 3.63) is 39.9 Å². The number of benzene rings is 1. The minimum Gasteiger partial charge on any atom is -0.456 e. The highest BCUT2D eigenvalue weighted by atomic mass is 16.6. The van der Waals surface area contributed by atoms with Crippen LogP contribution in [0.15, 0.2) is 24.3 Å². The van der Waals surface area contributed by atoms with E-state index in [1.54, 1.807) is 27.7 Å². The second-order valence-corrected chi connectivity index (χ2v) is 7.80. The standard InChI is InChI=1S/C19H26N2O6/c1-12(20-18(23)27-19(2,3)4)16(13-6-5-7-13)26-17(22)14-8-10-15(11-9-14)21(24)25/h8-13,16H,5-7H2,1-4H3,(H,20,23)/t12-,16+/m0/s1. The molecule has 1 fully saturated rings. The van der Waals surface area contributed by atoms with Gasteiger partial charge in [-0.05, 0) is 58.6 Å². The minimum atomic E-state index is -0.620. The number of ether oxygens (including phenoxy) is 2. The Morgan fingerprint density at radius 2 is 1.81 bits per heavy atom. The summed E-state index contributed by atoms with van der Waals surface area (Å²) < 4.78 is 10.9. The number of nitro groups is 1. The van der Waals surface area contributed by atoms with E-state index in [2.05, 4.69) is 5.32 Å². The molecule has 1 aromatic rings. The number of non-ortho nitro benzene ring substituents is 1. The van der Waals surface area contributed by atoms with Gasteiger partial charge in [0, 0.05) is 12.1 Å². The molecule has 1 aliphatic rings. The molecule has 0 aliphatic heterocycles. The predicted molar refractivity (Wildman–Crippen MR) is 98.5 cm³/mol. The molecule has 0 radical (unpaired) electrons. The topological polar surface area (TPSA) is 108 Å². The third-order valence-electron chi connectivity index (χ3n) is 4.41. The summed E-state index contributed by atoms with van der Waals surface area (Å²) >= 11 is 0. The molecular formula is C19H26N2O6. The molecule has 1 N–H and O–H groups in total. The molecule has 148 valence electrons. The van der Waals surface area contributed by atoms with Crippen molar-refractivity contribution in [1.29, 1.82) is 0 Å². The lowest BCUT2D eigenvalue weighted by Crippen LogP contribution is -2.49. The number of rotatable bonds is 6. The van der Waals surface area contributed by atoms with E-state index in [9.17, 15) is 19.7 Å². The molecule has 1 aromatic carbocycles. The third-order valence-corrected chi connectivity index (χ3v) is 4.41. The zero-order chi connectivity index (χ0) is 20.2. The van der Waals surface area contributed by atoms with Crippen molar-refractivity contribution >= 4 is 17.7 Å². The monoisotopic (exact) mass is 378 g/mol. The van der Waals surface area contributed by atoms with Gasteiger partial charge < -0.3 is 14.8 Å². The van der Waals surface area contributed by atoms with Crippen LogP contribution in [0.5, 0.6) is 0 Å². The molecule has 2 atom stereocenters. The fourth-order valence-corrected chi connectivity index (χ4v) is 2.86. The first-order valence-corrected chi connectivity index (χ1v) is 9.02. The quantitative estimate of drug-likeness (QED) is 0.458. The van der Waals surface area contributed by atoms with Crippen molar-refractivity contribution in [1.82, 2.24) is 5.32 Å². The summed E-state index contributed by atoms with van der Waals surface area (Å²) in [7, 11) is 0. The average molecular weight is 378 g/mol. The van der Waals surface area contributed by atoms with Gasteiger partial charge in [-0.3, -0.25) is 10.1 Å². The van der Waals surface area contributed by atoms with Gasteiger partial charge in [0.15, 0.2) is 0 Å². The molecule has 0 unspecified atom stereocenters. The van der Waals surface area contributed by atoms with Gasteiger partial charge in [0.25, 0.3) is 5.69 Å². The molecule has 0 spiro atoms. The van der Waals surface area contributed by atoms with Crippen molar-refractivity contribution in [2.75, 3.05) is 0 Å². The Hall–Kier alpha value is -2.64. The lowest BCUT2D eigenvalue weighted by Gasteiger charge is -2.37. The van der Waals surface area contributed by atoms with Crippen molar-refractivity contribution in [3.63, 3.8) is 0 Å². The summed E-state index contributed by atoms with van der Waals surface area (Å²) in [5, 5.41) is 13.5. The van der Waals surface area contributed by atoms with E-state index in [-0.39, 0.29) is 17.2 Å². The third kappa shape index (κ3) is 5.94. The molecule has 2 rings (SSSR count). The molecule has 0 aromatic heterocycles. The molecule has 27 heavy (non-hydrogen) atoms. The summed E-state index contributed by atoms with van der Waals surface area (Å²) in [6.07, 6.45) is 1.83. The summed E-state index contributed by atoms with van der Waals surface area (Å²) in [6.45, 7) is 7.09. The van der Waals surface area contributed by atoms with Crippen LogP contribution in [0.1, 0.15) is 57.3 Å². The van der Waals surface area contributed by atoms with Crippen LogP contribution in [0, 0.1) is 16.0 Å². The van der Waals surface area contributed by atoms with E-state index in [1.165, 1.54) is 24.3 Å². The molecule has 8 heteroatoms. The maximum absolute atomic E-state index is 12.5. The Labute approximate surface area is 158 Å². The van der Waals surface area contributed by atoms with Crippen LogP contribution in [0.4, 0.5) is 10.5 Å². The molecule has 1 amide bonds. The number of carbonyl (C=O) groups is 2. The summed E-state index contributed by atoms with van der Waals surface area (Å²) in [6, 6.07) is 4.83. The number of carbonyl (C=O) groups excluding carboxylic acids is 2. The minimum absolute atomic E-state index is 0.0953. The van der Waals surface area contributed by atoms with Crippen molar-refractivity contribution in [3.8, 4) is 0 Å². The maximum atomic E-state index is 12.5. The Morgan fingerprint density at radius 3 is 2.26 bits per heavy atom. The average Bonchev–Trinajstić information content (AvgIpc) is 2.50. The SMILES string of the molecule is C[C@H](NC(=O)OC(C)(C)C)[C@@H](OC(=O)c1ccc([N+](=O)[O-])cc1)C1CCC1. The fraction of sp³-hybridized carbons (Fsp3) is 0.579. The number of nitro benzene ring substituents is 1. The molecule has 0 saturated heterocycles. The van der Waals surface area contributed by atoms with E-state index in [0.717, 1.165) is 19.3 Å². The molecule has 1 aliphatic carbocycles. The van der Waals surface area contributed by atoms with E-state index in [0.29, 0.717) is 0 Å². The molecule has 8 nitrogen and oxygen atoms in total. The van der Waals surface area contributed by atoms with Crippen LogP contribution in [0.25, 0.3) is 0 Å². The van der Waals surface area contributed by atoms with E-state index >= 15 is 0 Å². The lowest BCUT2D eigenvalue weighted by atomic mass is 9.79. The van der Waals surface area contributed by atoms with Crippen LogP contribution in [0.3, 0.4) is 0 Å². The number of esters is 1. The van der Waals surface area contributed by atoms with Crippen molar-refractivity contribution in [2.24, 2.45) is 5.92 Å². The van der Waals surface area contributed by atoms with E-state index < -0.39 is 34.7 Å². The second-order valence-electron chi connectivity index (χ2n) is 7.80. The van der Waals surface area contributed by atoms with Gasteiger partial charge in [0.1, 0.15) is 11.7 Å². The Morgan fingerprint density at radius 1 is 1.22 bits per heavy atom. The molecule has 0 bridgehead atoms. The summed E-state index contributed by atoms with van der Waals surface area (Å²) in [5.74, 6) is -0.406. The summed E-state index contributed by atoms with van der Waals surface area (Å²) in [5.41, 5.74) is -0.484. The van der Waals surface area contributed by atoms with E-state index in [1.807, 2.05) is 0 Å². The predicted octanol–water partition coefficient (Wildman–Crippen LogP) is 3.83. The number of nitrogens with one attached hydrogen (secondary N) is 1. The first-order valence-electron chi connectivity index (χ1n) is 9.02. The first kappa shape index (κ1) is 20.7. The van der Waals surface area contributed by atoms with Crippen LogP contribution in [-0.4, -0.2) is 34.7 Å². The highest BCUT2D eigenvalue weighted by Crippen LogP contribution is 2.33. The van der Waals surface area contributed by atoms with Gasteiger partial charge in [0.2, 0.25) is 0 Å². The van der Waals surface area contributed by atoms with Gasteiger partial charge in [-0.2, -0.15) is 0 Å². The van der Waals surface area contributed by atoms with E-state index in [4.69, 9.17) is 9.47 Å². The number of hydrogen-bond acceptors (Lipinski definition) is 6. The Balaban J connectivity index is 2.04. The largest absolute Gasteiger partial charge is 0.456 e. The Kier molecular flexibility index (Phi) is 6.41. The first-order chi connectivity index (χ1) is 12.6. The normalized spacial score (nSPS) is 16.6. The van der Waals surface area contributed by atoms with Gasteiger partial charge >= 0.3 is 12.1 Å². The molecular weight excluding hydrogens is 352 g/mol. The van der Waals surface area contributed by atoms with Crippen LogP contribution < -0.4 is 5.32 Å².